The van der Waals surface area contributed by atoms with E-state index in [9.17, 15) is 0 Å². The smallest absolute Gasteiger partial charge is 0.129 e. The summed E-state index contributed by atoms with van der Waals surface area (Å²) in [5.41, 5.74) is 1.90. The molecule has 0 spiro atoms. The Morgan fingerprint density at radius 1 is 1.04 bits per heavy atom. The molecular weight excluding hydrogens is 342 g/mol. The van der Waals surface area contributed by atoms with Crippen LogP contribution in [0.1, 0.15) is 16.9 Å². The molecule has 1 heterocycles. The molecule has 0 amide bonds. The molecule has 0 aliphatic carbocycles. The highest BCUT2D eigenvalue weighted by Crippen LogP contribution is 2.20. The van der Waals surface area contributed by atoms with Crippen LogP contribution in [0.15, 0.2) is 71.3 Å². The third-order valence-electron chi connectivity index (χ3n) is 3.44. The van der Waals surface area contributed by atoms with Crippen molar-refractivity contribution in [2.24, 2.45) is 0 Å². The summed E-state index contributed by atoms with van der Waals surface area (Å²) in [6.07, 6.45) is 1.64. The fraction of sp³-hybridized carbons (Fsp3) is 0.105. The van der Waals surface area contributed by atoms with Crippen LogP contribution >= 0.6 is 23.8 Å². The Labute approximate surface area is 151 Å². The third-order valence-corrected chi connectivity index (χ3v) is 4.06. The molecule has 24 heavy (non-hydrogen) atoms. The first-order valence-corrected chi connectivity index (χ1v) is 8.28. The van der Waals surface area contributed by atoms with Crippen molar-refractivity contribution >= 4 is 28.8 Å². The molecule has 2 aromatic carbocycles. The van der Waals surface area contributed by atoms with Gasteiger partial charge in [-0.25, -0.2) is 0 Å². The van der Waals surface area contributed by atoms with Gasteiger partial charge in [0.15, 0.2) is 0 Å². The molecule has 0 aliphatic heterocycles. The molecule has 3 nitrogen and oxygen atoms in total. The first-order chi connectivity index (χ1) is 11.7. The van der Waals surface area contributed by atoms with E-state index in [-0.39, 0.29) is 0 Å². The van der Waals surface area contributed by atoms with E-state index in [1.807, 2.05) is 60.7 Å². The Hall–Kier alpha value is -2.30. The van der Waals surface area contributed by atoms with Crippen molar-refractivity contribution in [3.8, 4) is 5.75 Å². The Kier molecular flexibility index (Phi) is 5.51. The number of para-hydroxylation sites is 1. The minimum absolute atomic E-state index is 0.453. The normalized spacial score (nSPS) is 10.4. The van der Waals surface area contributed by atoms with Gasteiger partial charge in [-0.05, 0) is 42.0 Å². The van der Waals surface area contributed by atoms with E-state index in [4.69, 9.17) is 33.0 Å². The lowest BCUT2D eigenvalue weighted by atomic mass is 10.2. The highest BCUT2D eigenvalue weighted by atomic mass is 35.5. The summed E-state index contributed by atoms with van der Waals surface area (Å²) in [7, 11) is 0. The molecule has 0 saturated carbocycles. The van der Waals surface area contributed by atoms with Gasteiger partial charge in [0, 0.05) is 5.02 Å². The van der Waals surface area contributed by atoms with Gasteiger partial charge in [-0.15, -0.1) is 0 Å². The first-order valence-electron chi connectivity index (χ1n) is 7.49. The number of halogens is 1. The SMILES string of the molecule is S=C(NCc1ccco1)c1ccccc1OCc1ccc(Cl)cc1. The predicted molar refractivity (Wildman–Crippen MR) is 99.5 cm³/mol. The van der Waals surface area contributed by atoms with Gasteiger partial charge < -0.3 is 14.5 Å². The summed E-state index contributed by atoms with van der Waals surface area (Å²) in [5, 5.41) is 3.90. The van der Waals surface area contributed by atoms with Crippen LogP contribution in [0.3, 0.4) is 0 Å². The van der Waals surface area contributed by atoms with Gasteiger partial charge in [0.05, 0.1) is 18.4 Å². The molecule has 1 aromatic heterocycles. The van der Waals surface area contributed by atoms with E-state index < -0.39 is 0 Å². The quantitative estimate of drug-likeness (QED) is 0.631. The molecule has 122 valence electrons. The van der Waals surface area contributed by atoms with Crippen LogP contribution in [-0.2, 0) is 13.2 Å². The van der Waals surface area contributed by atoms with Gasteiger partial charge in [0.2, 0.25) is 0 Å². The van der Waals surface area contributed by atoms with Crippen LogP contribution in [0, 0.1) is 0 Å². The molecule has 5 heteroatoms. The summed E-state index contributed by atoms with van der Waals surface area (Å²) in [6.45, 7) is 0.992. The largest absolute Gasteiger partial charge is 0.488 e. The van der Waals surface area contributed by atoms with Crippen molar-refractivity contribution in [3.63, 3.8) is 0 Å². The average Bonchev–Trinajstić information content (AvgIpc) is 3.13. The van der Waals surface area contributed by atoms with E-state index in [2.05, 4.69) is 5.32 Å². The minimum atomic E-state index is 0.453. The summed E-state index contributed by atoms with van der Waals surface area (Å²) in [5.74, 6) is 1.57. The van der Waals surface area contributed by atoms with Gasteiger partial charge in [-0.1, -0.05) is 48.1 Å². The van der Waals surface area contributed by atoms with Gasteiger partial charge in [0.1, 0.15) is 23.1 Å². The first kappa shape index (κ1) is 16.6. The zero-order valence-electron chi connectivity index (χ0n) is 12.9. The molecule has 0 atom stereocenters. The number of rotatable bonds is 6. The number of ether oxygens (including phenoxy) is 1. The lowest BCUT2D eigenvalue weighted by molar-refractivity contribution is 0.305. The van der Waals surface area contributed by atoms with Gasteiger partial charge in [0.25, 0.3) is 0 Å². The van der Waals surface area contributed by atoms with Gasteiger partial charge >= 0.3 is 0 Å². The van der Waals surface area contributed by atoms with Crippen molar-refractivity contribution in [3.05, 3.63) is 88.8 Å². The van der Waals surface area contributed by atoms with E-state index in [0.29, 0.717) is 23.2 Å². The Morgan fingerprint density at radius 3 is 2.58 bits per heavy atom. The maximum absolute atomic E-state index is 5.93. The topological polar surface area (TPSA) is 34.4 Å². The van der Waals surface area contributed by atoms with Gasteiger partial charge in [-0.2, -0.15) is 0 Å². The number of hydrogen-bond donors (Lipinski definition) is 1. The number of furan rings is 1. The second-order valence-electron chi connectivity index (χ2n) is 5.17. The van der Waals surface area contributed by atoms with Crippen molar-refractivity contribution in [2.75, 3.05) is 0 Å². The number of hydrogen-bond acceptors (Lipinski definition) is 3. The lowest BCUT2D eigenvalue weighted by Gasteiger charge is -2.13. The molecule has 0 fully saturated rings. The Bertz CT molecular complexity index is 800. The van der Waals surface area contributed by atoms with Crippen LogP contribution in [0.5, 0.6) is 5.75 Å². The van der Waals surface area contributed by atoms with Crippen LogP contribution < -0.4 is 10.1 Å². The van der Waals surface area contributed by atoms with E-state index >= 15 is 0 Å². The van der Waals surface area contributed by atoms with E-state index in [0.717, 1.165) is 22.6 Å². The fourth-order valence-corrected chi connectivity index (χ4v) is 2.56. The zero-order chi connectivity index (χ0) is 16.8. The summed E-state index contributed by atoms with van der Waals surface area (Å²) in [6, 6.07) is 19.0. The van der Waals surface area contributed by atoms with Crippen molar-refractivity contribution in [2.45, 2.75) is 13.2 Å². The van der Waals surface area contributed by atoms with Crippen LogP contribution in [-0.4, -0.2) is 4.99 Å². The molecule has 0 unspecified atom stereocenters. The molecule has 3 rings (SSSR count). The van der Waals surface area contributed by atoms with Crippen LogP contribution in [0.25, 0.3) is 0 Å². The fourth-order valence-electron chi connectivity index (χ4n) is 2.20. The maximum atomic E-state index is 5.93. The number of nitrogens with one attached hydrogen (secondary N) is 1. The van der Waals surface area contributed by atoms with Crippen LogP contribution in [0.4, 0.5) is 0 Å². The highest BCUT2D eigenvalue weighted by Gasteiger charge is 2.09. The molecule has 0 saturated heterocycles. The highest BCUT2D eigenvalue weighted by molar-refractivity contribution is 7.80. The zero-order valence-corrected chi connectivity index (χ0v) is 14.4. The molecule has 0 aliphatic rings. The van der Waals surface area contributed by atoms with E-state index in [1.54, 1.807) is 6.26 Å². The summed E-state index contributed by atoms with van der Waals surface area (Å²) >= 11 is 11.4. The van der Waals surface area contributed by atoms with Crippen molar-refractivity contribution in [1.29, 1.82) is 0 Å². The Balaban J connectivity index is 1.65. The van der Waals surface area contributed by atoms with Crippen molar-refractivity contribution in [1.82, 2.24) is 5.32 Å². The predicted octanol–water partition coefficient (Wildman–Crippen LogP) is 4.98. The monoisotopic (exact) mass is 357 g/mol. The van der Waals surface area contributed by atoms with E-state index in [1.165, 1.54) is 0 Å². The number of thiocarbonyl (C=S) groups is 1. The molecule has 3 aromatic rings. The van der Waals surface area contributed by atoms with Crippen molar-refractivity contribution < 1.29 is 9.15 Å². The maximum Gasteiger partial charge on any atom is 0.129 e. The third kappa shape index (κ3) is 4.37. The standard InChI is InChI=1S/C19H16ClNO2S/c20-15-9-7-14(8-10-15)13-23-18-6-2-1-5-17(18)19(24)21-12-16-4-3-11-22-16/h1-11H,12-13H2,(H,21,24). The molecular formula is C19H16ClNO2S. The molecule has 0 bridgehead atoms. The number of benzene rings is 2. The second kappa shape index (κ2) is 7.99. The lowest BCUT2D eigenvalue weighted by Crippen LogP contribution is -2.22. The average molecular weight is 358 g/mol. The van der Waals surface area contributed by atoms with Crippen LogP contribution in [0.2, 0.25) is 5.02 Å². The molecule has 1 N–H and O–H groups in total. The minimum Gasteiger partial charge on any atom is -0.488 e. The Morgan fingerprint density at radius 2 is 1.83 bits per heavy atom. The summed E-state index contributed by atoms with van der Waals surface area (Å²) in [4.78, 5) is 0.623. The second-order valence-corrected chi connectivity index (χ2v) is 6.02. The molecule has 0 radical (unpaired) electrons. The summed E-state index contributed by atoms with van der Waals surface area (Å²) < 4.78 is 11.2. The van der Waals surface area contributed by atoms with Gasteiger partial charge in [-0.3, -0.25) is 0 Å².